The molecule has 0 aromatic heterocycles. The van der Waals surface area contributed by atoms with Gasteiger partial charge < -0.3 is 14.4 Å². The number of carbonyl (C=O) groups excluding carboxylic acids is 1. The molecule has 6 nitrogen and oxygen atoms in total. The third-order valence-electron chi connectivity index (χ3n) is 3.41. The molecule has 0 saturated carbocycles. The van der Waals surface area contributed by atoms with Crippen molar-refractivity contribution in [3.8, 4) is 11.5 Å². The van der Waals surface area contributed by atoms with Crippen LogP contribution in [0.1, 0.15) is 6.92 Å². The normalized spacial score (nSPS) is 18.9. The summed E-state index contributed by atoms with van der Waals surface area (Å²) in [6.07, 6.45) is 0.737. The van der Waals surface area contributed by atoms with Crippen LogP contribution in [-0.2, 0) is 14.6 Å². The van der Waals surface area contributed by atoms with Crippen molar-refractivity contribution in [2.75, 3.05) is 26.5 Å². The number of amides is 1. The van der Waals surface area contributed by atoms with Crippen LogP contribution >= 0.6 is 0 Å². The zero-order valence-corrected chi connectivity index (χ0v) is 13.1. The standard InChI is InChI=1S/C14H19NO5S/c1-10(21(3,17)18)14(16)15(2)8-11-9-19-12-6-4-5-7-13(12)20-11/h4-7,10-11H,8-9H2,1-3H3. The van der Waals surface area contributed by atoms with Crippen molar-refractivity contribution in [2.45, 2.75) is 18.3 Å². The SMILES string of the molecule is CC(C(=O)N(C)CC1COc2ccccc2O1)S(C)(=O)=O. The predicted molar refractivity (Wildman–Crippen MR) is 78.3 cm³/mol. The van der Waals surface area contributed by atoms with Gasteiger partial charge in [0, 0.05) is 13.3 Å². The molecule has 1 aliphatic heterocycles. The van der Waals surface area contributed by atoms with Crippen LogP contribution in [0.15, 0.2) is 24.3 Å². The van der Waals surface area contributed by atoms with E-state index in [1.807, 2.05) is 18.2 Å². The molecule has 21 heavy (non-hydrogen) atoms. The lowest BCUT2D eigenvalue weighted by Crippen LogP contribution is -2.46. The lowest BCUT2D eigenvalue weighted by Gasteiger charge is -2.30. The fraction of sp³-hybridized carbons (Fsp3) is 0.500. The summed E-state index contributed by atoms with van der Waals surface area (Å²) in [7, 11) is -1.84. The Balaban J connectivity index is 1.98. The number of fused-ring (bicyclic) bond motifs is 1. The lowest BCUT2D eigenvalue weighted by atomic mass is 10.2. The van der Waals surface area contributed by atoms with Gasteiger partial charge in [-0.15, -0.1) is 0 Å². The minimum atomic E-state index is -3.40. The quantitative estimate of drug-likeness (QED) is 0.819. The number of para-hydroxylation sites is 2. The summed E-state index contributed by atoms with van der Waals surface area (Å²) in [5.74, 6) is 0.859. The van der Waals surface area contributed by atoms with E-state index in [0.717, 1.165) is 6.26 Å². The van der Waals surface area contributed by atoms with Gasteiger partial charge in [0.15, 0.2) is 27.4 Å². The van der Waals surface area contributed by atoms with Crippen LogP contribution < -0.4 is 9.47 Å². The van der Waals surface area contributed by atoms with Crippen molar-refractivity contribution in [1.82, 2.24) is 4.90 Å². The van der Waals surface area contributed by atoms with Crippen molar-refractivity contribution in [1.29, 1.82) is 0 Å². The molecule has 0 spiro atoms. The first kappa shape index (κ1) is 15.6. The Bertz CT molecular complexity index is 628. The average Bonchev–Trinajstić information content (AvgIpc) is 2.44. The number of likely N-dealkylation sites (N-methyl/N-ethyl adjacent to an activating group) is 1. The molecule has 1 amide bonds. The van der Waals surface area contributed by atoms with Crippen molar-refractivity contribution in [3.05, 3.63) is 24.3 Å². The summed E-state index contributed by atoms with van der Waals surface area (Å²) in [5.41, 5.74) is 0. The van der Waals surface area contributed by atoms with Crippen LogP contribution in [0.4, 0.5) is 0 Å². The summed E-state index contributed by atoms with van der Waals surface area (Å²) < 4.78 is 34.2. The van der Waals surface area contributed by atoms with E-state index in [4.69, 9.17) is 9.47 Å². The number of ether oxygens (including phenoxy) is 2. The molecule has 1 aromatic rings. The molecule has 0 bridgehead atoms. The molecule has 1 aromatic carbocycles. The molecule has 2 unspecified atom stereocenters. The van der Waals surface area contributed by atoms with Crippen LogP contribution in [0.5, 0.6) is 11.5 Å². The first-order chi connectivity index (χ1) is 9.79. The van der Waals surface area contributed by atoms with Crippen LogP contribution in [0.25, 0.3) is 0 Å². The molecule has 0 aliphatic carbocycles. The van der Waals surface area contributed by atoms with Gasteiger partial charge in [0.25, 0.3) is 0 Å². The highest BCUT2D eigenvalue weighted by molar-refractivity contribution is 7.92. The van der Waals surface area contributed by atoms with Gasteiger partial charge in [0.1, 0.15) is 11.9 Å². The van der Waals surface area contributed by atoms with Crippen molar-refractivity contribution in [3.63, 3.8) is 0 Å². The van der Waals surface area contributed by atoms with Crippen molar-refractivity contribution in [2.24, 2.45) is 0 Å². The molecule has 0 N–H and O–H groups in total. The van der Waals surface area contributed by atoms with Crippen LogP contribution in [-0.4, -0.2) is 57.0 Å². The van der Waals surface area contributed by atoms with Gasteiger partial charge in [-0.25, -0.2) is 8.42 Å². The maximum atomic E-state index is 12.1. The highest BCUT2D eigenvalue weighted by Gasteiger charge is 2.29. The lowest BCUT2D eigenvalue weighted by molar-refractivity contribution is -0.130. The molecule has 7 heteroatoms. The molecular weight excluding hydrogens is 294 g/mol. The first-order valence-electron chi connectivity index (χ1n) is 6.61. The van der Waals surface area contributed by atoms with Gasteiger partial charge in [0.2, 0.25) is 5.91 Å². The van der Waals surface area contributed by atoms with E-state index in [1.54, 1.807) is 13.1 Å². The van der Waals surface area contributed by atoms with E-state index in [1.165, 1.54) is 11.8 Å². The largest absolute Gasteiger partial charge is 0.486 e. The number of rotatable bonds is 4. The zero-order valence-electron chi connectivity index (χ0n) is 12.3. The van der Waals surface area contributed by atoms with E-state index in [-0.39, 0.29) is 12.6 Å². The Kier molecular flexibility index (Phi) is 4.41. The molecule has 2 atom stereocenters. The Morgan fingerprint density at radius 3 is 2.62 bits per heavy atom. The van der Waals surface area contributed by atoms with Crippen molar-refractivity contribution >= 4 is 15.7 Å². The summed E-state index contributed by atoms with van der Waals surface area (Å²) in [5, 5.41) is -1.06. The Morgan fingerprint density at radius 1 is 1.38 bits per heavy atom. The maximum Gasteiger partial charge on any atom is 0.240 e. The molecule has 0 saturated heterocycles. The second-order valence-electron chi connectivity index (χ2n) is 5.19. The average molecular weight is 313 g/mol. The van der Waals surface area contributed by atoms with E-state index >= 15 is 0 Å². The maximum absolute atomic E-state index is 12.1. The van der Waals surface area contributed by atoms with E-state index in [0.29, 0.717) is 18.1 Å². The van der Waals surface area contributed by atoms with Gasteiger partial charge in [-0.05, 0) is 19.1 Å². The Hall–Kier alpha value is -1.76. The fourth-order valence-electron chi connectivity index (χ4n) is 2.04. The number of benzene rings is 1. The smallest absolute Gasteiger partial charge is 0.240 e. The molecule has 1 heterocycles. The molecule has 0 radical (unpaired) electrons. The number of sulfone groups is 1. The van der Waals surface area contributed by atoms with Gasteiger partial charge in [0.05, 0.1) is 6.54 Å². The molecular formula is C14H19NO5S. The highest BCUT2D eigenvalue weighted by atomic mass is 32.2. The predicted octanol–water partition coefficient (Wildman–Crippen LogP) is 0.718. The summed E-state index contributed by atoms with van der Waals surface area (Å²) in [6.45, 7) is 1.98. The zero-order chi connectivity index (χ0) is 15.6. The first-order valence-corrected chi connectivity index (χ1v) is 8.57. The van der Waals surface area contributed by atoms with E-state index in [2.05, 4.69) is 0 Å². The summed E-state index contributed by atoms with van der Waals surface area (Å²) in [4.78, 5) is 13.4. The third-order valence-corrected chi connectivity index (χ3v) is 4.90. The number of hydrogen-bond donors (Lipinski definition) is 0. The fourth-order valence-corrected chi connectivity index (χ4v) is 2.59. The molecule has 0 fully saturated rings. The number of carbonyl (C=O) groups is 1. The Morgan fingerprint density at radius 2 is 2.00 bits per heavy atom. The van der Waals surface area contributed by atoms with Crippen LogP contribution in [0.2, 0.25) is 0 Å². The van der Waals surface area contributed by atoms with Gasteiger partial charge in [-0.2, -0.15) is 0 Å². The Labute approximate surface area is 124 Å². The van der Waals surface area contributed by atoms with Crippen molar-refractivity contribution < 1.29 is 22.7 Å². The molecule has 116 valence electrons. The molecule has 2 rings (SSSR count). The second kappa shape index (κ2) is 5.93. The summed E-state index contributed by atoms with van der Waals surface area (Å²) in [6, 6.07) is 7.30. The highest BCUT2D eigenvalue weighted by Crippen LogP contribution is 2.30. The summed E-state index contributed by atoms with van der Waals surface area (Å²) >= 11 is 0. The third kappa shape index (κ3) is 3.66. The monoisotopic (exact) mass is 313 g/mol. The molecule has 1 aliphatic rings. The number of nitrogens with zero attached hydrogens (tertiary/aromatic N) is 1. The van der Waals surface area contributed by atoms with Crippen LogP contribution in [0.3, 0.4) is 0 Å². The second-order valence-corrected chi connectivity index (χ2v) is 7.55. The van der Waals surface area contributed by atoms with Crippen LogP contribution in [0, 0.1) is 0 Å². The van der Waals surface area contributed by atoms with E-state index < -0.39 is 21.0 Å². The van der Waals surface area contributed by atoms with Gasteiger partial charge in [-0.1, -0.05) is 12.1 Å². The number of hydrogen-bond acceptors (Lipinski definition) is 5. The topological polar surface area (TPSA) is 72.9 Å². The minimum Gasteiger partial charge on any atom is -0.486 e. The minimum absolute atomic E-state index is 0.271. The van der Waals surface area contributed by atoms with Gasteiger partial charge in [-0.3, -0.25) is 4.79 Å². The van der Waals surface area contributed by atoms with Gasteiger partial charge >= 0.3 is 0 Å². The van der Waals surface area contributed by atoms with E-state index in [9.17, 15) is 13.2 Å².